The number of urea groups is 1. The molecule has 1 aromatic rings. The van der Waals surface area contributed by atoms with Crippen LogP contribution in [-0.2, 0) is 9.53 Å². The number of nitrogens with one attached hydrogen (secondary N) is 1. The molecule has 3 amide bonds. The van der Waals surface area contributed by atoms with Gasteiger partial charge in [0, 0.05) is 24.2 Å². The molecule has 10 heteroatoms. The fraction of sp³-hybridized carbons (Fsp3) is 0.308. The molecule has 1 saturated heterocycles. The summed E-state index contributed by atoms with van der Waals surface area (Å²) in [6.45, 7) is 1.77. The molecule has 1 atom stereocenters. The van der Waals surface area contributed by atoms with Gasteiger partial charge in [0.2, 0.25) is 0 Å². The number of esters is 1. The number of benzene rings is 1. The number of amides is 3. The average molecular weight is 342 g/mol. The van der Waals surface area contributed by atoms with E-state index in [-0.39, 0.29) is 17.1 Å². The number of rotatable bonds is 4. The van der Waals surface area contributed by atoms with E-state index >= 15 is 0 Å². The van der Waals surface area contributed by atoms with Gasteiger partial charge in [0.25, 0.3) is 11.6 Å². The van der Waals surface area contributed by atoms with E-state index in [0.717, 1.165) is 17.0 Å². The van der Waals surface area contributed by atoms with Gasteiger partial charge >= 0.3 is 12.0 Å². The minimum atomic E-state index is -1.26. The number of carbonyl (C=O) groups excluding carboxylic acids is 3. The van der Waals surface area contributed by atoms with Gasteiger partial charge in [-0.3, -0.25) is 19.8 Å². The van der Waals surface area contributed by atoms with Crippen LogP contribution in [0.3, 0.4) is 0 Å². The molecule has 0 radical (unpaired) electrons. The highest BCUT2D eigenvalue weighted by Gasteiger charge is 2.33. The Morgan fingerprint density at radius 3 is 2.74 bits per heavy atom. The summed E-state index contributed by atoms with van der Waals surface area (Å²) in [4.78, 5) is 46.6. The Kier molecular flexibility index (Phi) is 4.80. The Morgan fingerprint density at radius 2 is 2.17 bits per heavy atom. The lowest BCUT2D eigenvalue weighted by atomic mass is 10.2. The third-order valence-corrected chi connectivity index (χ3v) is 3.37. The van der Waals surface area contributed by atoms with Crippen molar-refractivity contribution in [1.82, 2.24) is 10.2 Å². The molecule has 1 fully saturated rings. The van der Waals surface area contributed by atoms with E-state index in [2.05, 4.69) is 5.32 Å². The van der Waals surface area contributed by atoms with Gasteiger partial charge in [-0.05, 0) is 19.1 Å². The summed E-state index contributed by atoms with van der Waals surface area (Å²) in [6.07, 6.45) is -1.26. The maximum Gasteiger partial charge on any atom is 0.345 e. The van der Waals surface area contributed by atoms with Crippen molar-refractivity contribution in [3.05, 3.63) is 38.9 Å². The summed E-state index contributed by atoms with van der Waals surface area (Å²) in [6, 6.07) is 2.88. The monoisotopic (exact) mass is 341 g/mol. The number of nitro benzene ring substituents is 1. The molecule has 1 heterocycles. The minimum Gasteiger partial charge on any atom is -0.449 e. The zero-order chi connectivity index (χ0) is 17.1. The predicted molar refractivity (Wildman–Crippen MR) is 78.1 cm³/mol. The van der Waals surface area contributed by atoms with Gasteiger partial charge in [-0.1, -0.05) is 11.6 Å². The summed E-state index contributed by atoms with van der Waals surface area (Å²) in [5.74, 6) is -1.75. The number of hydrogen-bond acceptors (Lipinski definition) is 6. The lowest BCUT2D eigenvalue weighted by Crippen LogP contribution is -2.41. The van der Waals surface area contributed by atoms with E-state index in [1.807, 2.05) is 0 Å². The largest absolute Gasteiger partial charge is 0.449 e. The van der Waals surface area contributed by atoms with Crippen molar-refractivity contribution in [3.63, 3.8) is 0 Å². The Labute approximate surface area is 135 Å². The molecular weight excluding hydrogens is 330 g/mol. The maximum absolute atomic E-state index is 12.1. The van der Waals surface area contributed by atoms with Gasteiger partial charge in [0.15, 0.2) is 6.10 Å². The normalized spacial score (nSPS) is 15.0. The molecule has 0 aromatic heterocycles. The standard InChI is InChI=1S/C13H12ClN3O6/c1-7(11(18)16-5-4-15-13(16)20)23-12(19)9-3-2-8(14)6-10(9)17(21)22/h2-3,6-7H,4-5H2,1H3,(H,15,20)/t7-/m1/s1. The van der Waals surface area contributed by atoms with Gasteiger partial charge in [-0.2, -0.15) is 0 Å². The first-order valence-electron chi connectivity index (χ1n) is 6.55. The van der Waals surface area contributed by atoms with Gasteiger partial charge in [0.1, 0.15) is 5.56 Å². The Morgan fingerprint density at radius 1 is 1.48 bits per heavy atom. The molecule has 0 spiro atoms. The first-order chi connectivity index (χ1) is 10.8. The number of carbonyl (C=O) groups is 3. The van der Waals surface area contributed by atoms with Crippen molar-refractivity contribution >= 4 is 35.2 Å². The molecule has 0 aliphatic carbocycles. The highest BCUT2D eigenvalue weighted by atomic mass is 35.5. The Balaban J connectivity index is 2.14. The molecular formula is C13H12ClN3O6. The smallest absolute Gasteiger partial charge is 0.345 e. The predicted octanol–water partition coefficient (Wildman–Crippen LogP) is 1.35. The van der Waals surface area contributed by atoms with E-state index < -0.39 is 34.6 Å². The van der Waals surface area contributed by atoms with Crippen LogP contribution < -0.4 is 5.32 Å². The summed E-state index contributed by atoms with van der Waals surface area (Å²) in [7, 11) is 0. The van der Waals surface area contributed by atoms with Crippen LogP contribution in [0.5, 0.6) is 0 Å². The van der Waals surface area contributed by atoms with Crippen LogP contribution in [0.25, 0.3) is 0 Å². The number of ether oxygens (including phenoxy) is 1. The van der Waals surface area contributed by atoms with Crippen molar-refractivity contribution in [2.75, 3.05) is 13.1 Å². The van der Waals surface area contributed by atoms with Gasteiger partial charge in [-0.15, -0.1) is 0 Å². The Bertz CT molecular complexity index is 692. The van der Waals surface area contributed by atoms with Crippen LogP contribution in [0.15, 0.2) is 18.2 Å². The van der Waals surface area contributed by atoms with Crippen molar-refractivity contribution < 1.29 is 24.0 Å². The molecule has 0 saturated carbocycles. The molecule has 2 rings (SSSR count). The second kappa shape index (κ2) is 6.61. The zero-order valence-electron chi connectivity index (χ0n) is 11.9. The molecule has 1 aliphatic rings. The summed E-state index contributed by atoms with van der Waals surface area (Å²) in [5.41, 5.74) is -0.856. The SMILES string of the molecule is C[C@@H](OC(=O)c1ccc(Cl)cc1[N+](=O)[O-])C(=O)N1CCNC1=O. The molecule has 23 heavy (non-hydrogen) atoms. The molecule has 122 valence electrons. The topological polar surface area (TPSA) is 119 Å². The minimum absolute atomic E-state index is 0.0890. The summed E-state index contributed by atoms with van der Waals surface area (Å²) >= 11 is 5.66. The van der Waals surface area contributed by atoms with Crippen molar-refractivity contribution in [2.24, 2.45) is 0 Å². The second-order valence-corrected chi connectivity index (χ2v) is 5.12. The third kappa shape index (κ3) is 3.57. The first kappa shape index (κ1) is 16.7. The summed E-state index contributed by atoms with van der Waals surface area (Å²) in [5, 5.41) is 13.5. The quantitative estimate of drug-likeness (QED) is 0.501. The van der Waals surface area contributed by atoms with E-state index in [4.69, 9.17) is 16.3 Å². The molecule has 0 bridgehead atoms. The third-order valence-electron chi connectivity index (χ3n) is 3.13. The molecule has 1 aliphatic heterocycles. The molecule has 0 unspecified atom stereocenters. The Hall–Kier alpha value is -2.68. The van der Waals surface area contributed by atoms with E-state index in [9.17, 15) is 24.5 Å². The molecule has 1 aromatic carbocycles. The molecule has 9 nitrogen and oxygen atoms in total. The van der Waals surface area contributed by atoms with Crippen molar-refractivity contribution in [1.29, 1.82) is 0 Å². The van der Waals surface area contributed by atoms with E-state index in [0.29, 0.717) is 6.54 Å². The van der Waals surface area contributed by atoms with E-state index in [1.165, 1.54) is 13.0 Å². The lowest BCUT2D eigenvalue weighted by molar-refractivity contribution is -0.385. The number of nitrogens with zero attached hydrogens (tertiary/aromatic N) is 2. The zero-order valence-corrected chi connectivity index (χ0v) is 12.7. The van der Waals surface area contributed by atoms with Gasteiger partial charge in [0.05, 0.1) is 4.92 Å². The molecule has 1 N–H and O–H groups in total. The fourth-order valence-corrected chi connectivity index (χ4v) is 2.17. The number of imide groups is 1. The van der Waals surface area contributed by atoms with Crippen molar-refractivity contribution in [3.8, 4) is 0 Å². The van der Waals surface area contributed by atoms with Crippen LogP contribution >= 0.6 is 11.6 Å². The van der Waals surface area contributed by atoms with E-state index in [1.54, 1.807) is 0 Å². The maximum atomic E-state index is 12.1. The average Bonchev–Trinajstić information content (AvgIpc) is 2.92. The van der Waals surface area contributed by atoms with Crippen LogP contribution in [-0.4, -0.2) is 46.9 Å². The highest BCUT2D eigenvalue weighted by Crippen LogP contribution is 2.24. The summed E-state index contributed by atoms with van der Waals surface area (Å²) < 4.78 is 4.93. The number of halogens is 1. The number of hydrogen-bond donors (Lipinski definition) is 1. The lowest BCUT2D eigenvalue weighted by Gasteiger charge is -2.18. The first-order valence-corrected chi connectivity index (χ1v) is 6.93. The van der Waals surface area contributed by atoms with Crippen LogP contribution in [0.2, 0.25) is 5.02 Å². The fourth-order valence-electron chi connectivity index (χ4n) is 2.00. The van der Waals surface area contributed by atoms with Gasteiger partial charge < -0.3 is 10.1 Å². The van der Waals surface area contributed by atoms with Crippen LogP contribution in [0, 0.1) is 10.1 Å². The highest BCUT2D eigenvalue weighted by molar-refractivity contribution is 6.31. The number of nitro groups is 1. The van der Waals surface area contributed by atoms with Gasteiger partial charge in [-0.25, -0.2) is 9.59 Å². The van der Waals surface area contributed by atoms with Crippen LogP contribution in [0.4, 0.5) is 10.5 Å². The second-order valence-electron chi connectivity index (χ2n) is 4.69. The van der Waals surface area contributed by atoms with Crippen LogP contribution in [0.1, 0.15) is 17.3 Å². The van der Waals surface area contributed by atoms with Crippen molar-refractivity contribution in [2.45, 2.75) is 13.0 Å².